The Morgan fingerprint density at radius 3 is 2.32 bits per heavy atom. The Bertz CT molecular complexity index is 246. The van der Waals surface area contributed by atoms with E-state index >= 15 is 0 Å². The molecular formula is C17H34N2. The van der Waals surface area contributed by atoms with Crippen LogP contribution in [0.1, 0.15) is 65.7 Å². The van der Waals surface area contributed by atoms with E-state index < -0.39 is 0 Å². The van der Waals surface area contributed by atoms with Crippen LogP contribution in [-0.2, 0) is 0 Å². The summed E-state index contributed by atoms with van der Waals surface area (Å²) in [6, 6.07) is 1.78. The normalized spacial score (nSPS) is 28.9. The molecular weight excluding hydrogens is 232 g/mol. The maximum absolute atomic E-state index is 3.67. The SMILES string of the molecule is CCN(C1CCCCC1)C1CCC1CNCC(C)C. The van der Waals surface area contributed by atoms with Crippen LogP contribution in [0.15, 0.2) is 0 Å². The van der Waals surface area contributed by atoms with E-state index in [-0.39, 0.29) is 0 Å². The first-order chi connectivity index (χ1) is 9.22. The minimum atomic E-state index is 0.777. The standard InChI is InChI=1S/C17H34N2/c1-4-19(16-8-6-5-7-9-16)17-11-10-15(17)13-18-12-14(2)3/h14-18H,4-13H2,1-3H3. The van der Waals surface area contributed by atoms with Gasteiger partial charge >= 0.3 is 0 Å². The second-order valence-electron chi connectivity index (χ2n) is 7.08. The Kier molecular flexibility index (Phi) is 6.15. The number of hydrogen-bond acceptors (Lipinski definition) is 2. The first-order valence-electron chi connectivity index (χ1n) is 8.68. The van der Waals surface area contributed by atoms with Crippen LogP contribution in [0.2, 0.25) is 0 Å². The molecule has 0 bridgehead atoms. The average molecular weight is 266 g/mol. The predicted molar refractivity (Wildman–Crippen MR) is 83.5 cm³/mol. The van der Waals surface area contributed by atoms with Crippen LogP contribution in [0.5, 0.6) is 0 Å². The van der Waals surface area contributed by atoms with Crippen molar-refractivity contribution in [1.29, 1.82) is 0 Å². The Hall–Kier alpha value is -0.0800. The third-order valence-electron chi connectivity index (χ3n) is 5.17. The summed E-state index contributed by atoms with van der Waals surface area (Å²) >= 11 is 0. The number of nitrogens with zero attached hydrogens (tertiary/aromatic N) is 1. The van der Waals surface area contributed by atoms with Gasteiger partial charge < -0.3 is 5.32 Å². The summed E-state index contributed by atoms with van der Waals surface area (Å²) in [6.45, 7) is 10.6. The summed E-state index contributed by atoms with van der Waals surface area (Å²) in [7, 11) is 0. The van der Waals surface area contributed by atoms with E-state index in [2.05, 4.69) is 31.0 Å². The van der Waals surface area contributed by atoms with Gasteiger partial charge in [0.05, 0.1) is 0 Å². The lowest BCUT2D eigenvalue weighted by Gasteiger charge is -2.48. The molecule has 2 saturated carbocycles. The second kappa shape index (κ2) is 7.64. The zero-order chi connectivity index (χ0) is 13.7. The maximum atomic E-state index is 3.67. The van der Waals surface area contributed by atoms with Crippen LogP contribution in [0, 0.1) is 11.8 Å². The molecule has 112 valence electrons. The fourth-order valence-electron chi connectivity index (χ4n) is 3.96. The van der Waals surface area contributed by atoms with Crippen molar-refractivity contribution < 1.29 is 0 Å². The van der Waals surface area contributed by atoms with E-state index in [1.807, 2.05) is 0 Å². The Labute approximate surface area is 120 Å². The van der Waals surface area contributed by atoms with Crippen LogP contribution < -0.4 is 5.32 Å². The minimum Gasteiger partial charge on any atom is -0.316 e. The average Bonchev–Trinajstić information content (AvgIpc) is 2.40. The summed E-state index contributed by atoms with van der Waals surface area (Å²) in [6.07, 6.45) is 10.2. The Morgan fingerprint density at radius 2 is 1.79 bits per heavy atom. The summed E-state index contributed by atoms with van der Waals surface area (Å²) in [5, 5.41) is 3.67. The van der Waals surface area contributed by atoms with Crippen molar-refractivity contribution in [3.05, 3.63) is 0 Å². The molecule has 2 nitrogen and oxygen atoms in total. The van der Waals surface area contributed by atoms with Crippen LogP contribution in [0.25, 0.3) is 0 Å². The highest BCUT2D eigenvalue weighted by molar-refractivity contribution is 4.93. The lowest BCUT2D eigenvalue weighted by molar-refractivity contribution is 0.0182. The molecule has 0 aromatic rings. The number of hydrogen-bond donors (Lipinski definition) is 1. The monoisotopic (exact) mass is 266 g/mol. The fraction of sp³-hybridized carbons (Fsp3) is 1.00. The highest BCUT2D eigenvalue weighted by Crippen LogP contribution is 2.35. The first-order valence-corrected chi connectivity index (χ1v) is 8.68. The summed E-state index contributed by atoms with van der Waals surface area (Å²) in [5.41, 5.74) is 0. The van der Waals surface area contributed by atoms with Gasteiger partial charge in [0, 0.05) is 12.1 Å². The molecule has 2 unspecified atom stereocenters. The molecule has 2 fully saturated rings. The van der Waals surface area contributed by atoms with Gasteiger partial charge in [-0.1, -0.05) is 40.0 Å². The molecule has 0 saturated heterocycles. The van der Waals surface area contributed by atoms with E-state index in [1.165, 1.54) is 64.6 Å². The van der Waals surface area contributed by atoms with E-state index in [0.717, 1.165) is 23.9 Å². The van der Waals surface area contributed by atoms with Crippen LogP contribution >= 0.6 is 0 Å². The van der Waals surface area contributed by atoms with Gasteiger partial charge in [-0.3, -0.25) is 4.90 Å². The summed E-state index contributed by atoms with van der Waals surface area (Å²) in [5.74, 6) is 1.69. The van der Waals surface area contributed by atoms with Gasteiger partial charge in [0.15, 0.2) is 0 Å². The second-order valence-corrected chi connectivity index (χ2v) is 7.08. The number of nitrogens with one attached hydrogen (secondary N) is 1. The van der Waals surface area contributed by atoms with E-state index in [4.69, 9.17) is 0 Å². The third kappa shape index (κ3) is 4.19. The molecule has 0 aromatic carbocycles. The quantitative estimate of drug-likeness (QED) is 0.756. The molecule has 19 heavy (non-hydrogen) atoms. The number of rotatable bonds is 7. The molecule has 2 heteroatoms. The smallest absolute Gasteiger partial charge is 0.0139 e. The molecule has 2 rings (SSSR count). The predicted octanol–water partition coefficient (Wildman–Crippen LogP) is 3.67. The Balaban J connectivity index is 1.78. The van der Waals surface area contributed by atoms with E-state index in [0.29, 0.717) is 0 Å². The van der Waals surface area contributed by atoms with Crippen molar-refractivity contribution in [2.24, 2.45) is 11.8 Å². The lowest BCUT2D eigenvalue weighted by atomic mass is 9.76. The highest BCUT2D eigenvalue weighted by Gasteiger charge is 2.37. The molecule has 0 amide bonds. The zero-order valence-corrected chi connectivity index (χ0v) is 13.3. The van der Waals surface area contributed by atoms with Crippen molar-refractivity contribution >= 4 is 0 Å². The third-order valence-corrected chi connectivity index (χ3v) is 5.17. The fourth-order valence-corrected chi connectivity index (χ4v) is 3.96. The molecule has 0 aromatic heterocycles. The van der Waals surface area contributed by atoms with Gasteiger partial charge in [0.1, 0.15) is 0 Å². The van der Waals surface area contributed by atoms with Crippen LogP contribution in [-0.4, -0.2) is 36.6 Å². The molecule has 0 radical (unpaired) electrons. The molecule has 2 aliphatic carbocycles. The summed E-state index contributed by atoms with van der Waals surface area (Å²) < 4.78 is 0. The van der Waals surface area contributed by atoms with Gasteiger partial charge in [-0.05, 0) is 57.2 Å². The maximum Gasteiger partial charge on any atom is 0.0139 e. The van der Waals surface area contributed by atoms with Crippen molar-refractivity contribution in [3.8, 4) is 0 Å². The summed E-state index contributed by atoms with van der Waals surface area (Å²) in [4.78, 5) is 2.85. The van der Waals surface area contributed by atoms with Crippen molar-refractivity contribution in [3.63, 3.8) is 0 Å². The Morgan fingerprint density at radius 1 is 1.05 bits per heavy atom. The van der Waals surface area contributed by atoms with Crippen molar-refractivity contribution in [1.82, 2.24) is 10.2 Å². The molecule has 2 aliphatic rings. The highest BCUT2D eigenvalue weighted by atomic mass is 15.2. The van der Waals surface area contributed by atoms with Gasteiger partial charge in [-0.15, -0.1) is 0 Å². The largest absolute Gasteiger partial charge is 0.316 e. The molecule has 0 spiro atoms. The van der Waals surface area contributed by atoms with Gasteiger partial charge in [-0.25, -0.2) is 0 Å². The zero-order valence-electron chi connectivity index (χ0n) is 13.3. The van der Waals surface area contributed by atoms with Gasteiger partial charge in [-0.2, -0.15) is 0 Å². The lowest BCUT2D eigenvalue weighted by Crippen LogP contribution is -2.54. The molecule has 2 atom stereocenters. The molecule has 0 heterocycles. The van der Waals surface area contributed by atoms with Crippen LogP contribution in [0.4, 0.5) is 0 Å². The topological polar surface area (TPSA) is 15.3 Å². The molecule has 1 N–H and O–H groups in total. The van der Waals surface area contributed by atoms with Gasteiger partial charge in [0.25, 0.3) is 0 Å². The van der Waals surface area contributed by atoms with E-state index in [9.17, 15) is 0 Å². The minimum absolute atomic E-state index is 0.777. The molecule has 0 aliphatic heterocycles. The van der Waals surface area contributed by atoms with Gasteiger partial charge in [0.2, 0.25) is 0 Å². The van der Waals surface area contributed by atoms with Crippen molar-refractivity contribution in [2.75, 3.05) is 19.6 Å². The first kappa shape index (κ1) is 15.3. The van der Waals surface area contributed by atoms with Crippen molar-refractivity contribution in [2.45, 2.75) is 77.8 Å². The van der Waals surface area contributed by atoms with Crippen LogP contribution in [0.3, 0.4) is 0 Å². The van der Waals surface area contributed by atoms with E-state index in [1.54, 1.807) is 0 Å².